The number of hydrogen-bond acceptors (Lipinski definition) is 2. The van der Waals surface area contributed by atoms with Crippen molar-refractivity contribution >= 4 is 5.69 Å². The summed E-state index contributed by atoms with van der Waals surface area (Å²) in [5.41, 5.74) is 8.30. The molecule has 1 aromatic rings. The predicted molar refractivity (Wildman–Crippen MR) is 45.2 cm³/mol. The van der Waals surface area contributed by atoms with E-state index in [0.29, 0.717) is 0 Å². The lowest BCUT2D eigenvalue weighted by Crippen LogP contribution is -1.90. The maximum atomic E-state index is 7.11. The molecule has 0 saturated heterocycles. The Morgan fingerprint density at radius 2 is 1.92 bits per heavy atom. The highest BCUT2D eigenvalue weighted by molar-refractivity contribution is 5.54. The van der Waals surface area contributed by atoms with E-state index >= 15 is 0 Å². The van der Waals surface area contributed by atoms with Crippen LogP contribution in [0.2, 0.25) is 0 Å². The van der Waals surface area contributed by atoms with Crippen LogP contribution < -0.4 is 5.32 Å². The molecule has 1 aliphatic rings. The van der Waals surface area contributed by atoms with Gasteiger partial charge in [0.05, 0.1) is 0 Å². The van der Waals surface area contributed by atoms with Crippen molar-refractivity contribution in [2.24, 2.45) is 0 Å². The van der Waals surface area contributed by atoms with Gasteiger partial charge in [-0.1, -0.05) is 18.2 Å². The minimum atomic E-state index is -0.750. The van der Waals surface area contributed by atoms with Crippen LogP contribution in [0.3, 0.4) is 0 Å². The van der Waals surface area contributed by atoms with Gasteiger partial charge in [0.15, 0.2) is 0 Å². The van der Waals surface area contributed by atoms with E-state index in [1.54, 1.807) is 0 Å². The van der Waals surface area contributed by atoms with Crippen molar-refractivity contribution in [1.82, 2.24) is 0 Å². The summed E-state index contributed by atoms with van der Waals surface area (Å²) < 4.78 is 0. The monoisotopic (exact) mass is 182 g/mol. The molecular weight excluding hydrogens is 170 g/mol. The highest BCUT2D eigenvalue weighted by Crippen LogP contribution is 2.19. The van der Waals surface area contributed by atoms with Crippen LogP contribution in [0.1, 0.15) is 5.56 Å². The summed E-state index contributed by atoms with van der Waals surface area (Å²) in [6.07, 6.45) is 1.19. The molecular formula is C8H12N3O2+. The van der Waals surface area contributed by atoms with Gasteiger partial charge < -0.3 is 5.32 Å². The third-order valence-corrected chi connectivity index (χ3v) is 1.73. The molecule has 0 aromatic heterocycles. The number of anilines is 1. The second-order valence-corrected chi connectivity index (χ2v) is 2.62. The van der Waals surface area contributed by atoms with Crippen molar-refractivity contribution in [1.29, 1.82) is 5.53 Å². The van der Waals surface area contributed by atoms with E-state index in [0.717, 1.165) is 6.54 Å². The van der Waals surface area contributed by atoms with Gasteiger partial charge in [0.1, 0.15) is 0 Å². The number of nitrogens with one attached hydrogen (secondary N) is 2. The van der Waals surface area contributed by atoms with Gasteiger partial charge in [0.25, 0.3) is 0 Å². The van der Waals surface area contributed by atoms with Gasteiger partial charge in [-0.05, 0) is 18.1 Å². The molecule has 13 heavy (non-hydrogen) atoms. The van der Waals surface area contributed by atoms with Crippen LogP contribution in [0.15, 0.2) is 24.3 Å². The summed E-state index contributed by atoms with van der Waals surface area (Å²) in [6, 6.07) is 8.46. The van der Waals surface area contributed by atoms with Gasteiger partial charge in [-0.15, -0.1) is 0 Å². The zero-order valence-corrected chi connectivity index (χ0v) is 7.07. The van der Waals surface area contributed by atoms with Crippen LogP contribution in [0.5, 0.6) is 0 Å². The quantitative estimate of drug-likeness (QED) is 0.362. The van der Waals surface area contributed by atoms with Gasteiger partial charge in [0.2, 0.25) is 0 Å². The molecule has 1 heterocycles. The zero-order chi connectivity index (χ0) is 9.68. The largest absolute Gasteiger partial charge is 0.384 e. The van der Waals surface area contributed by atoms with E-state index < -0.39 is 5.02 Å². The molecule has 0 radical (unpaired) electrons. The number of benzene rings is 1. The Hall–Kier alpha value is -1.78. The summed E-state index contributed by atoms with van der Waals surface area (Å²) in [7, 11) is 0. The van der Waals surface area contributed by atoms with E-state index in [4.69, 9.17) is 15.9 Å². The lowest BCUT2D eigenvalue weighted by atomic mass is 10.2. The average molecular weight is 182 g/mol. The van der Waals surface area contributed by atoms with Crippen LogP contribution >= 0.6 is 0 Å². The summed E-state index contributed by atoms with van der Waals surface area (Å²) in [5, 5.41) is 16.8. The fraction of sp³-hybridized carbons (Fsp3) is 0.250. The summed E-state index contributed by atoms with van der Waals surface area (Å²) in [6.45, 7) is 1.11. The number of fused-ring (bicyclic) bond motifs is 1. The molecule has 1 aliphatic heterocycles. The van der Waals surface area contributed by atoms with Gasteiger partial charge in [-0.25, -0.2) is 10.4 Å². The zero-order valence-electron chi connectivity index (χ0n) is 7.07. The van der Waals surface area contributed by atoms with Crippen molar-refractivity contribution in [2.75, 3.05) is 11.9 Å². The second kappa shape index (κ2) is 4.30. The average Bonchev–Trinajstić information content (AvgIpc) is 2.49. The first-order valence-corrected chi connectivity index (χ1v) is 3.91. The Morgan fingerprint density at radius 3 is 2.54 bits per heavy atom. The van der Waals surface area contributed by atoms with E-state index in [-0.39, 0.29) is 0 Å². The molecule has 0 atom stereocenters. The normalized spacial score (nSPS) is 12.0. The van der Waals surface area contributed by atoms with Crippen LogP contribution in [0.4, 0.5) is 5.69 Å². The molecule has 0 fully saturated rings. The van der Waals surface area contributed by atoms with Crippen molar-refractivity contribution in [3.63, 3.8) is 0 Å². The van der Waals surface area contributed by atoms with Gasteiger partial charge in [-0.3, -0.25) is 0 Å². The SMILES string of the molecule is N=[N+](O)O.c1ccc2c(c1)CCN2. The maximum absolute atomic E-state index is 7.11. The molecule has 5 nitrogen and oxygen atoms in total. The first-order chi connectivity index (χ1) is 6.20. The molecule has 1 aromatic carbocycles. The van der Waals surface area contributed by atoms with E-state index in [9.17, 15) is 0 Å². The van der Waals surface area contributed by atoms with Crippen molar-refractivity contribution in [3.8, 4) is 0 Å². The van der Waals surface area contributed by atoms with E-state index in [1.165, 1.54) is 17.7 Å². The Balaban J connectivity index is 0.000000184. The third kappa shape index (κ3) is 2.98. The molecule has 0 spiro atoms. The second-order valence-electron chi connectivity index (χ2n) is 2.62. The molecule has 0 unspecified atom stereocenters. The van der Waals surface area contributed by atoms with Crippen molar-refractivity contribution in [3.05, 3.63) is 29.8 Å². The topological polar surface area (TPSA) is 79.4 Å². The molecule has 0 saturated carbocycles. The van der Waals surface area contributed by atoms with Gasteiger partial charge in [0, 0.05) is 17.8 Å². The van der Waals surface area contributed by atoms with Crippen LogP contribution in [0.25, 0.3) is 0 Å². The maximum Gasteiger partial charge on any atom is 0.326 e. The van der Waals surface area contributed by atoms with E-state index in [2.05, 4.69) is 29.6 Å². The number of nitrogens with zero attached hydrogens (tertiary/aromatic N) is 1. The highest BCUT2D eigenvalue weighted by Gasteiger charge is 2.05. The van der Waals surface area contributed by atoms with Crippen LogP contribution in [-0.4, -0.2) is 22.0 Å². The van der Waals surface area contributed by atoms with Gasteiger partial charge in [-0.2, -0.15) is 0 Å². The van der Waals surface area contributed by atoms with Crippen molar-refractivity contribution in [2.45, 2.75) is 6.42 Å². The fourth-order valence-corrected chi connectivity index (χ4v) is 1.24. The molecule has 0 aliphatic carbocycles. The van der Waals surface area contributed by atoms with Gasteiger partial charge >= 0.3 is 5.02 Å². The van der Waals surface area contributed by atoms with Crippen LogP contribution in [-0.2, 0) is 6.42 Å². The Kier molecular flexibility index (Phi) is 3.08. The highest BCUT2D eigenvalue weighted by atomic mass is 16.8. The number of rotatable bonds is 0. The first kappa shape index (κ1) is 9.31. The Morgan fingerprint density at radius 1 is 1.31 bits per heavy atom. The minimum Gasteiger partial charge on any atom is -0.384 e. The smallest absolute Gasteiger partial charge is 0.326 e. The third-order valence-electron chi connectivity index (χ3n) is 1.73. The molecule has 0 amide bonds. The Bertz CT molecular complexity index is 274. The molecule has 70 valence electrons. The predicted octanol–water partition coefficient (Wildman–Crippen LogP) is 1.46. The molecule has 2 rings (SSSR count). The van der Waals surface area contributed by atoms with E-state index in [1.807, 2.05) is 0 Å². The number of para-hydroxylation sites is 1. The summed E-state index contributed by atoms with van der Waals surface area (Å²) in [5.74, 6) is 0. The fourth-order valence-electron chi connectivity index (χ4n) is 1.24. The standard InChI is InChI=1S/C8H9N.H3N2O2/c1-2-4-8-7(3-1)5-6-9-8;1-2(3)4/h1-4,9H,5-6H2;(H3,1,3,4)/q;+1. The number of hydrogen-bond donors (Lipinski definition) is 4. The molecule has 0 bridgehead atoms. The minimum absolute atomic E-state index is 0.750. The lowest BCUT2D eigenvalue weighted by molar-refractivity contribution is -1.01. The lowest BCUT2D eigenvalue weighted by Gasteiger charge is -1.94. The molecule has 4 N–H and O–H groups in total. The molecule has 5 heteroatoms. The van der Waals surface area contributed by atoms with Crippen molar-refractivity contribution < 1.29 is 15.4 Å². The van der Waals surface area contributed by atoms with Crippen LogP contribution in [0, 0.1) is 5.53 Å². The summed E-state index contributed by atoms with van der Waals surface area (Å²) in [4.78, 5) is 0. The Labute approximate surface area is 75.7 Å². The summed E-state index contributed by atoms with van der Waals surface area (Å²) >= 11 is 0. The first-order valence-electron chi connectivity index (χ1n) is 3.91.